The molecule has 0 aromatic carbocycles. The molecule has 11 nitrogen and oxygen atoms in total. The fraction of sp³-hybridized carbons (Fsp3) is 0.500. The minimum atomic E-state index is -1.25. The summed E-state index contributed by atoms with van der Waals surface area (Å²) in [4.78, 5) is 23.9. The number of rotatable bonds is 4. The Labute approximate surface area is 129 Å². The number of hydrogen-bond acceptors (Lipinski definition) is 8. The zero-order valence-electron chi connectivity index (χ0n) is 11.9. The van der Waals surface area contributed by atoms with Crippen molar-refractivity contribution in [3.05, 3.63) is 18.1 Å². The van der Waals surface area contributed by atoms with E-state index >= 15 is 0 Å². The van der Waals surface area contributed by atoms with Gasteiger partial charge in [0, 0.05) is 0 Å². The molecule has 0 unspecified atom stereocenters. The number of aromatic nitrogens is 4. The van der Waals surface area contributed by atoms with Gasteiger partial charge in [0.1, 0.15) is 18.5 Å². The fourth-order valence-corrected chi connectivity index (χ4v) is 2.65. The molecule has 1 aliphatic carbocycles. The number of fused-ring (bicyclic) bond motifs is 1. The molecule has 1 fully saturated rings. The summed E-state index contributed by atoms with van der Waals surface area (Å²) in [6.45, 7) is -0.413. The van der Waals surface area contributed by atoms with E-state index in [9.17, 15) is 20.1 Å². The van der Waals surface area contributed by atoms with Gasteiger partial charge in [0.05, 0.1) is 18.5 Å². The second-order valence-corrected chi connectivity index (χ2v) is 5.33. The Balaban J connectivity index is 1.98. The smallest absolute Gasteiger partial charge is 0.258 e. The maximum absolute atomic E-state index is 10.7. The van der Waals surface area contributed by atoms with Crippen LogP contribution in [0.4, 0.5) is 0 Å². The van der Waals surface area contributed by atoms with E-state index in [1.54, 1.807) is 0 Å². The first-order chi connectivity index (χ1) is 10.9. The van der Waals surface area contributed by atoms with Crippen molar-refractivity contribution in [1.29, 1.82) is 5.41 Å². The predicted octanol–water partition coefficient (Wildman–Crippen LogP) is -3.35. The monoisotopic (exact) mass is 324 g/mol. The zero-order valence-corrected chi connectivity index (χ0v) is 11.9. The molecule has 0 bridgehead atoms. The average molecular weight is 324 g/mol. The van der Waals surface area contributed by atoms with Crippen molar-refractivity contribution in [2.24, 2.45) is 5.73 Å². The van der Waals surface area contributed by atoms with Crippen molar-refractivity contribution in [3.63, 3.8) is 0 Å². The summed E-state index contributed by atoms with van der Waals surface area (Å²) < 4.78 is 2.45. The fourth-order valence-electron chi connectivity index (χ4n) is 2.65. The molecule has 1 aliphatic rings. The Hall–Kier alpha value is -2.50. The van der Waals surface area contributed by atoms with Crippen LogP contribution in [0.3, 0.4) is 0 Å². The van der Waals surface area contributed by atoms with Crippen molar-refractivity contribution in [3.8, 4) is 0 Å². The van der Waals surface area contributed by atoms with Crippen molar-refractivity contribution < 1.29 is 25.0 Å². The molecule has 124 valence electrons. The third-order valence-electron chi connectivity index (χ3n) is 3.82. The van der Waals surface area contributed by atoms with Gasteiger partial charge in [-0.15, -0.1) is 0 Å². The first kappa shape index (κ1) is 15.4. The first-order valence-corrected chi connectivity index (χ1v) is 6.84. The summed E-state index contributed by atoms with van der Waals surface area (Å²) in [6, 6.07) is -0.612. The summed E-state index contributed by atoms with van der Waals surface area (Å²) in [5.74, 6) is -0.695. The molecule has 1 saturated carbocycles. The number of aliphatic hydroxyl groups is 3. The van der Waals surface area contributed by atoms with Gasteiger partial charge in [-0.1, -0.05) is 0 Å². The van der Waals surface area contributed by atoms with Crippen molar-refractivity contribution in [2.45, 2.75) is 30.8 Å². The number of carbonyl (C=O) groups is 1. The number of nitrogens with one attached hydrogen (secondary N) is 1. The van der Waals surface area contributed by atoms with E-state index in [2.05, 4.69) is 9.97 Å². The number of aliphatic hydroxyl groups excluding tert-OH is 3. The van der Waals surface area contributed by atoms with E-state index in [0.717, 1.165) is 4.73 Å². The molecule has 0 saturated heterocycles. The van der Waals surface area contributed by atoms with Crippen molar-refractivity contribution >= 4 is 17.1 Å². The van der Waals surface area contributed by atoms with Gasteiger partial charge >= 0.3 is 0 Å². The maximum Gasteiger partial charge on any atom is 0.258 e. The second kappa shape index (κ2) is 5.61. The van der Waals surface area contributed by atoms with Gasteiger partial charge in [-0.05, 0) is 6.42 Å². The topological polar surface area (TPSA) is 172 Å². The number of amides is 1. The highest BCUT2D eigenvalue weighted by molar-refractivity contribution is 5.75. The average Bonchev–Trinajstić information content (AvgIpc) is 3.04. The molecule has 2 heterocycles. The lowest BCUT2D eigenvalue weighted by Gasteiger charge is -2.17. The minimum Gasteiger partial charge on any atom is -0.401 e. The molecule has 11 heteroatoms. The van der Waals surface area contributed by atoms with E-state index < -0.39 is 36.9 Å². The molecule has 0 spiro atoms. The van der Waals surface area contributed by atoms with Gasteiger partial charge < -0.3 is 30.5 Å². The van der Waals surface area contributed by atoms with Gasteiger partial charge in [0.25, 0.3) is 5.91 Å². The zero-order chi connectivity index (χ0) is 16.7. The maximum atomic E-state index is 10.7. The Morgan fingerprint density at radius 2 is 2.09 bits per heavy atom. The largest absolute Gasteiger partial charge is 0.401 e. The molecule has 6 N–H and O–H groups in total. The highest BCUT2D eigenvalue weighted by Crippen LogP contribution is 2.32. The van der Waals surface area contributed by atoms with Crippen molar-refractivity contribution in [1.82, 2.24) is 19.3 Å². The van der Waals surface area contributed by atoms with Crippen LogP contribution in [0.1, 0.15) is 12.5 Å². The molecule has 0 aliphatic heterocycles. The van der Waals surface area contributed by atoms with Crippen LogP contribution < -0.4 is 16.1 Å². The summed E-state index contributed by atoms with van der Waals surface area (Å²) in [7, 11) is 0. The highest BCUT2D eigenvalue weighted by atomic mass is 16.7. The standard InChI is InChI=1S/C12H16N6O5/c13-7(20)2-23-18-4-16-12-8(11(18)14)15-3-17(12)5-1-6(19)10(22)9(5)21/h3-6,9-10,14,19,21-22H,1-2H2,(H2,13,20)/t5-,6+,9+,10-/m1/s1. The Kier molecular flexibility index (Phi) is 3.75. The van der Waals surface area contributed by atoms with E-state index in [1.807, 2.05) is 0 Å². The number of nitrogens with two attached hydrogens (primary N) is 1. The number of primary amides is 1. The van der Waals surface area contributed by atoms with Gasteiger partial charge in [-0.3, -0.25) is 10.2 Å². The number of hydrogen-bond donors (Lipinski definition) is 5. The molecular formula is C12H16N6O5. The van der Waals surface area contributed by atoms with Crippen LogP contribution in [0, 0.1) is 5.41 Å². The molecule has 4 atom stereocenters. The minimum absolute atomic E-state index is 0.135. The van der Waals surface area contributed by atoms with Gasteiger partial charge in [-0.25, -0.2) is 9.97 Å². The lowest BCUT2D eigenvalue weighted by molar-refractivity contribution is -0.122. The number of nitrogens with zero attached hydrogens (tertiary/aromatic N) is 4. The summed E-state index contributed by atoms with van der Waals surface area (Å²) >= 11 is 0. The normalized spacial score (nSPS) is 27.4. The number of carbonyl (C=O) groups excluding carboxylic acids is 1. The van der Waals surface area contributed by atoms with E-state index in [0.29, 0.717) is 5.65 Å². The third-order valence-corrected chi connectivity index (χ3v) is 3.82. The summed E-state index contributed by atoms with van der Waals surface area (Å²) in [5, 5.41) is 37.4. The van der Waals surface area contributed by atoms with Crippen LogP contribution in [0.2, 0.25) is 0 Å². The van der Waals surface area contributed by atoms with Gasteiger partial charge in [0.2, 0.25) is 0 Å². The van der Waals surface area contributed by atoms with Gasteiger partial charge in [0.15, 0.2) is 23.3 Å². The Morgan fingerprint density at radius 1 is 1.35 bits per heavy atom. The third kappa shape index (κ3) is 2.54. The lowest BCUT2D eigenvalue weighted by Crippen LogP contribution is -2.33. The predicted molar refractivity (Wildman–Crippen MR) is 73.7 cm³/mol. The quantitative estimate of drug-likeness (QED) is 0.391. The number of imidazole rings is 1. The van der Waals surface area contributed by atoms with E-state index in [4.69, 9.17) is 16.0 Å². The molecule has 23 heavy (non-hydrogen) atoms. The van der Waals surface area contributed by atoms with Crippen LogP contribution in [-0.4, -0.2) is 65.4 Å². The molecule has 3 rings (SSSR count). The van der Waals surface area contributed by atoms with Crippen molar-refractivity contribution in [2.75, 3.05) is 6.61 Å². The molecular weight excluding hydrogens is 308 g/mol. The Morgan fingerprint density at radius 3 is 2.70 bits per heavy atom. The molecule has 2 aromatic rings. The van der Waals surface area contributed by atoms with Crippen LogP contribution in [0.25, 0.3) is 11.2 Å². The summed E-state index contributed by atoms with van der Waals surface area (Å²) in [6.07, 6.45) is -0.782. The van der Waals surface area contributed by atoms with Crippen LogP contribution >= 0.6 is 0 Å². The molecule has 1 amide bonds. The second-order valence-electron chi connectivity index (χ2n) is 5.33. The van der Waals surface area contributed by atoms with Crippen LogP contribution in [-0.2, 0) is 4.79 Å². The lowest BCUT2D eigenvalue weighted by atomic mass is 10.2. The van der Waals surface area contributed by atoms with Crippen LogP contribution in [0.5, 0.6) is 0 Å². The molecule has 0 radical (unpaired) electrons. The van der Waals surface area contributed by atoms with Crippen LogP contribution in [0.15, 0.2) is 12.7 Å². The summed E-state index contributed by atoms with van der Waals surface area (Å²) in [5.41, 5.74) is 5.30. The van der Waals surface area contributed by atoms with Gasteiger partial charge in [-0.2, -0.15) is 4.73 Å². The SMILES string of the molecule is N=c1c2ncn([C@@H]3C[C@H](O)[C@@H](O)[C@H]3O)c2ncn1OCC(N)=O. The first-order valence-electron chi connectivity index (χ1n) is 6.84. The molecule has 2 aromatic heterocycles. The Bertz CT molecular complexity index is 801. The highest BCUT2D eigenvalue weighted by Gasteiger charge is 2.42. The van der Waals surface area contributed by atoms with E-state index in [1.165, 1.54) is 17.2 Å². The van der Waals surface area contributed by atoms with E-state index in [-0.39, 0.29) is 17.4 Å².